The van der Waals surface area contributed by atoms with Gasteiger partial charge in [-0.25, -0.2) is 4.79 Å². The van der Waals surface area contributed by atoms with E-state index in [0.717, 1.165) is 25.1 Å². The number of aliphatic hydroxyl groups excluding tert-OH is 1. The fraction of sp³-hybridized carbons (Fsp3) is 0.571. The monoisotopic (exact) mass is 266 g/mol. The summed E-state index contributed by atoms with van der Waals surface area (Å²) in [5.41, 5.74) is 1.15. The van der Waals surface area contributed by atoms with Gasteiger partial charge >= 0.3 is 5.97 Å². The summed E-state index contributed by atoms with van der Waals surface area (Å²) in [6.45, 7) is 5.96. The van der Waals surface area contributed by atoms with Gasteiger partial charge in [0.25, 0.3) is 0 Å². The van der Waals surface area contributed by atoms with Gasteiger partial charge < -0.3 is 15.5 Å². The van der Waals surface area contributed by atoms with E-state index in [-0.39, 0.29) is 17.6 Å². The number of pyridine rings is 1. The highest BCUT2D eigenvalue weighted by Crippen LogP contribution is 2.20. The Morgan fingerprint density at radius 2 is 2.16 bits per heavy atom. The molecule has 5 nitrogen and oxygen atoms in total. The third-order valence-electron chi connectivity index (χ3n) is 2.99. The molecule has 0 aromatic carbocycles. The molecular weight excluding hydrogens is 244 g/mol. The Morgan fingerprint density at radius 1 is 1.42 bits per heavy atom. The van der Waals surface area contributed by atoms with Gasteiger partial charge in [0.05, 0.1) is 11.3 Å². The molecule has 0 amide bonds. The van der Waals surface area contributed by atoms with Crippen molar-refractivity contribution in [2.45, 2.75) is 33.2 Å². The number of nitrogens with one attached hydrogen (secondary N) is 1. The normalized spacial score (nSPS) is 11.5. The van der Waals surface area contributed by atoms with E-state index in [1.54, 1.807) is 12.1 Å². The Bertz CT molecular complexity index is 402. The molecular formula is C14H22N2O3. The standard InChI is InChI=1S/C14H22N2O3/c1-14(2,6-3-7-17)10-15-9-12-5-4-11(8-16-12)13(18)19/h4-5,8,15,17H,3,6-7,9-10H2,1-2H3,(H,18,19). The number of aromatic nitrogens is 1. The summed E-state index contributed by atoms with van der Waals surface area (Å²) in [4.78, 5) is 14.8. The number of carboxylic acids is 1. The minimum Gasteiger partial charge on any atom is -0.478 e. The second kappa shape index (κ2) is 7.21. The Balaban J connectivity index is 2.38. The third-order valence-corrected chi connectivity index (χ3v) is 2.99. The maximum absolute atomic E-state index is 10.7. The lowest BCUT2D eigenvalue weighted by Crippen LogP contribution is -2.29. The summed E-state index contributed by atoms with van der Waals surface area (Å²) in [6.07, 6.45) is 3.14. The Hall–Kier alpha value is -1.46. The summed E-state index contributed by atoms with van der Waals surface area (Å²) in [5, 5.41) is 20.9. The Kier molecular flexibility index (Phi) is 5.92. The van der Waals surface area contributed by atoms with Crippen molar-refractivity contribution in [3.8, 4) is 0 Å². The van der Waals surface area contributed by atoms with Gasteiger partial charge in [-0.3, -0.25) is 4.98 Å². The average molecular weight is 266 g/mol. The first-order valence-corrected chi connectivity index (χ1v) is 6.44. The van der Waals surface area contributed by atoms with Gasteiger partial charge in [-0.1, -0.05) is 13.8 Å². The predicted octanol–water partition coefficient (Wildman–Crippen LogP) is 1.67. The van der Waals surface area contributed by atoms with Crippen molar-refractivity contribution in [1.29, 1.82) is 0 Å². The van der Waals surface area contributed by atoms with Gasteiger partial charge in [-0.05, 0) is 30.4 Å². The zero-order chi connectivity index (χ0) is 14.3. The van der Waals surface area contributed by atoms with Crippen LogP contribution in [0.2, 0.25) is 0 Å². The van der Waals surface area contributed by atoms with E-state index in [1.165, 1.54) is 6.20 Å². The quantitative estimate of drug-likeness (QED) is 0.666. The van der Waals surface area contributed by atoms with Crippen LogP contribution in [0.4, 0.5) is 0 Å². The first-order chi connectivity index (χ1) is 8.94. The van der Waals surface area contributed by atoms with Crippen LogP contribution in [-0.2, 0) is 6.54 Å². The molecule has 5 heteroatoms. The molecule has 1 aromatic heterocycles. The second-order valence-corrected chi connectivity index (χ2v) is 5.44. The van der Waals surface area contributed by atoms with Crippen molar-refractivity contribution in [1.82, 2.24) is 10.3 Å². The highest BCUT2D eigenvalue weighted by molar-refractivity contribution is 5.87. The molecule has 106 valence electrons. The minimum atomic E-state index is -0.961. The maximum Gasteiger partial charge on any atom is 0.337 e. The van der Waals surface area contributed by atoms with Crippen LogP contribution in [0.3, 0.4) is 0 Å². The molecule has 0 aliphatic heterocycles. The molecule has 0 fully saturated rings. The van der Waals surface area contributed by atoms with E-state index >= 15 is 0 Å². The molecule has 1 rings (SSSR count). The van der Waals surface area contributed by atoms with E-state index < -0.39 is 5.97 Å². The topological polar surface area (TPSA) is 82.5 Å². The van der Waals surface area contributed by atoms with E-state index in [2.05, 4.69) is 24.1 Å². The number of hydrogen-bond donors (Lipinski definition) is 3. The molecule has 0 atom stereocenters. The van der Waals surface area contributed by atoms with E-state index in [9.17, 15) is 4.79 Å². The van der Waals surface area contributed by atoms with Crippen LogP contribution < -0.4 is 5.32 Å². The molecule has 0 unspecified atom stereocenters. The van der Waals surface area contributed by atoms with Crippen molar-refractivity contribution in [2.24, 2.45) is 5.41 Å². The van der Waals surface area contributed by atoms with Crippen molar-refractivity contribution in [2.75, 3.05) is 13.2 Å². The first kappa shape index (κ1) is 15.6. The van der Waals surface area contributed by atoms with Gasteiger partial charge in [0.2, 0.25) is 0 Å². The third kappa shape index (κ3) is 5.81. The van der Waals surface area contributed by atoms with Crippen LogP contribution in [0.1, 0.15) is 42.7 Å². The number of carbonyl (C=O) groups is 1. The zero-order valence-electron chi connectivity index (χ0n) is 11.5. The lowest BCUT2D eigenvalue weighted by molar-refractivity contribution is 0.0696. The summed E-state index contributed by atoms with van der Waals surface area (Å²) < 4.78 is 0. The molecule has 1 aromatic rings. The molecule has 0 aliphatic carbocycles. The number of aliphatic hydroxyl groups is 1. The van der Waals surface area contributed by atoms with Gasteiger partial charge in [0.15, 0.2) is 0 Å². The lowest BCUT2D eigenvalue weighted by Gasteiger charge is -2.24. The molecule has 0 saturated heterocycles. The van der Waals surface area contributed by atoms with E-state index in [0.29, 0.717) is 6.54 Å². The van der Waals surface area contributed by atoms with Crippen LogP contribution >= 0.6 is 0 Å². The van der Waals surface area contributed by atoms with Crippen LogP contribution in [0, 0.1) is 5.41 Å². The molecule has 0 saturated carbocycles. The Labute approximate surface area is 113 Å². The van der Waals surface area contributed by atoms with Gasteiger partial charge in [0, 0.05) is 25.9 Å². The van der Waals surface area contributed by atoms with Crippen molar-refractivity contribution in [3.05, 3.63) is 29.6 Å². The van der Waals surface area contributed by atoms with Gasteiger partial charge in [-0.15, -0.1) is 0 Å². The number of rotatable bonds is 8. The molecule has 19 heavy (non-hydrogen) atoms. The van der Waals surface area contributed by atoms with Crippen molar-refractivity contribution >= 4 is 5.97 Å². The van der Waals surface area contributed by atoms with Crippen molar-refractivity contribution < 1.29 is 15.0 Å². The molecule has 0 aliphatic rings. The van der Waals surface area contributed by atoms with E-state index in [4.69, 9.17) is 10.2 Å². The number of hydrogen-bond acceptors (Lipinski definition) is 4. The second-order valence-electron chi connectivity index (χ2n) is 5.44. The molecule has 0 spiro atoms. The fourth-order valence-electron chi connectivity index (χ4n) is 1.83. The lowest BCUT2D eigenvalue weighted by atomic mass is 9.88. The predicted molar refractivity (Wildman–Crippen MR) is 73.0 cm³/mol. The van der Waals surface area contributed by atoms with Crippen molar-refractivity contribution in [3.63, 3.8) is 0 Å². The summed E-state index contributed by atoms with van der Waals surface area (Å²) in [7, 11) is 0. The van der Waals surface area contributed by atoms with Crippen LogP contribution in [-0.4, -0.2) is 34.3 Å². The van der Waals surface area contributed by atoms with Gasteiger partial charge in [0.1, 0.15) is 0 Å². The molecule has 1 heterocycles. The number of nitrogens with zero attached hydrogens (tertiary/aromatic N) is 1. The SMILES string of the molecule is CC(C)(CCCO)CNCc1ccc(C(=O)O)cn1. The maximum atomic E-state index is 10.7. The smallest absolute Gasteiger partial charge is 0.337 e. The number of aromatic carboxylic acids is 1. The zero-order valence-corrected chi connectivity index (χ0v) is 11.5. The fourth-order valence-corrected chi connectivity index (χ4v) is 1.83. The Morgan fingerprint density at radius 3 is 2.68 bits per heavy atom. The molecule has 0 bridgehead atoms. The van der Waals surface area contributed by atoms with Crippen LogP contribution in [0.5, 0.6) is 0 Å². The van der Waals surface area contributed by atoms with E-state index in [1.807, 2.05) is 0 Å². The summed E-state index contributed by atoms with van der Waals surface area (Å²) in [6, 6.07) is 3.28. The number of carboxylic acid groups (broad SMARTS) is 1. The highest BCUT2D eigenvalue weighted by atomic mass is 16.4. The summed E-state index contributed by atoms with van der Waals surface area (Å²) in [5.74, 6) is -0.961. The average Bonchev–Trinajstić information content (AvgIpc) is 2.37. The van der Waals surface area contributed by atoms with Gasteiger partial charge in [-0.2, -0.15) is 0 Å². The summed E-state index contributed by atoms with van der Waals surface area (Å²) >= 11 is 0. The highest BCUT2D eigenvalue weighted by Gasteiger charge is 2.16. The largest absolute Gasteiger partial charge is 0.478 e. The van der Waals surface area contributed by atoms with Crippen LogP contribution in [0.25, 0.3) is 0 Å². The van der Waals surface area contributed by atoms with Crippen LogP contribution in [0.15, 0.2) is 18.3 Å². The first-order valence-electron chi connectivity index (χ1n) is 6.44. The minimum absolute atomic E-state index is 0.129. The molecule has 3 N–H and O–H groups in total. The molecule has 0 radical (unpaired) electrons.